The van der Waals surface area contributed by atoms with Crippen LogP contribution in [-0.2, 0) is 26.1 Å². The van der Waals surface area contributed by atoms with Crippen LogP contribution in [0.3, 0.4) is 0 Å². The van der Waals surface area contributed by atoms with E-state index in [1.165, 1.54) is 0 Å². The van der Waals surface area contributed by atoms with E-state index in [-0.39, 0.29) is 24.2 Å². The molecule has 0 spiro atoms. The van der Waals surface area contributed by atoms with Crippen molar-refractivity contribution in [3.05, 3.63) is 70.4 Å². The van der Waals surface area contributed by atoms with E-state index in [9.17, 15) is 9.59 Å². The van der Waals surface area contributed by atoms with Crippen molar-refractivity contribution >= 4 is 23.5 Å². The predicted octanol–water partition coefficient (Wildman–Crippen LogP) is 5.47. The summed E-state index contributed by atoms with van der Waals surface area (Å²) in [4.78, 5) is 27.5. The van der Waals surface area contributed by atoms with E-state index in [2.05, 4.69) is 20.1 Å². The lowest BCUT2D eigenvalue weighted by Crippen LogP contribution is -2.39. The van der Waals surface area contributed by atoms with Crippen LogP contribution in [0.4, 0.5) is 0 Å². The summed E-state index contributed by atoms with van der Waals surface area (Å²) in [6.45, 7) is 3.41. The number of hydrogen-bond acceptors (Lipinski definition) is 9. The number of hydrogen-bond donors (Lipinski definition) is 0. The minimum absolute atomic E-state index is 0.0549. The van der Waals surface area contributed by atoms with Gasteiger partial charge >= 0.3 is 5.97 Å². The number of methoxy groups -OCH3 is 2. The summed E-state index contributed by atoms with van der Waals surface area (Å²) in [6.07, 6.45) is 1.53. The molecule has 2 atom stereocenters. The lowest BCUT2D eigenvalue weighted by atomic mass is 9.93. The molecule has 47 heavy (non-hydrogen) atoms. The molecule has 1 amide bonds. The van der Waals surface area contributed by atoms with Crippen molar-refractivity contribution < 1.29 is 28.5 Å². The van der Waals surface area contributed by atoms with Crippen LogP contribution in [0.25, 0.3) is 17.2 Å². The number of nitrogens with zero attached hydrogens (tertiary/aromatic N) is 6. The van der Waals surface area contributed by atoms with Gasteiger partial charge in [0.1, 0.15) is 6.10 Å². The van der Waals surface area contributed by atoms with Crippen LogP contribution in [0.2, 0.25) is 5.02 Å². The maximum Gasteiger partial charge on any atom is 0.306 e. The Balaban J connectivity index is 1.34. The molecule has 0 radical (unpaired) electrons. The SMILES string of the molecule is CCOC(=O)CC1CCN(C(=O)CC[C@H]2O[C@H](c3cccc(OC)c3OC)c3cc(Cl)ccc3-n3c(-c4nnnn4C)ccc32)CC1. The number of benzene rings is 2. The average Bonchev–Trinajstić information content (AvgIpc) is 3.67. The quantitative estimate of drug-likeness (QED) is 0.203. The van der Waals surface area contributed by atoms with Crippen LogP contribution in [0.5, 0.6) is 11.5 Å². The average molecular weight is 663 g/mol. The molecular formula is C34H39ClN6O6. The van der Waals surface area contributed by atoms with E-state index in [1.807, 2.05) is 60.4 Å². The number of tetrazole rings is 1. The molecule has 0 N–H and O–H groups in total. The first-order valence-corrected chi connectivity index (χ1v) is 16.2. The second-order valence-corrected chi connectivity index (χ2v) is 12.2. The number of aromatic nitrogens is 5. The van der Waals surface area contributed by atoms with Gasteiger partial charge < -0.3 is 28.4 Å². The molecule has 0 saturated carbocycles. The highest BCUT2D eigenvalue weighted by Crippen LogP contribution is 2.48. The first kappa shape index (κ1) is 32.5. The molecule has 6 rings (SSSR count). The molecule has 2 aromatic heterocycles. The van der Waals surface area contributed by atoms with Crippen LogP contribution < -0.4 is 9.47 Å². The molecule has 1 fully saturated rings. The smallest absolute Gasteiger partial charge is 0.306 e. The number of carbonyl (C=O) groups excluding carboxylic acids is 2. The molecule has 2 aliphatic heterocycles. The van der Waals surface area contributed by atoms with E-state index in [4.69, 9.17) is 30.5 Å². The number of amides is 1. The van der Waals surface area contributed by atoms with Crippen molar-refractivity contribution in [1.29, 1.82) is 0 Å². The van der Waals surface area contributed by atoms with E-state index in [0.29, 0.717) is 54.9 Å². The number of carbonyl (C=O) groups is 2. The summed E-state index contributed by atoms with van der Waals surface area (Å²) < 4.78 is 27.4. The Labute approximate surface area is 278 Å². The molecular weight excluding hydrogens is 624 g/mol. The van der Waals surface area contributed by atoms with Gasteiger partial charge in [-0.25, -0.2) is 4.68 Å². The third kappa shape index (κ3) is 6.57. The molecule has 2 aromatic carbocycles. The third-order valence-corrected chi connectivity index (χ3v) is 9.20. The van der Waals surface area contributed by atoms with E-state index in [0.717, 1.165) is 41.0 Å². The van der Waals surface area contributed by atoms with Gasteiger partial charge in [0.25, 0.3) is 0 Å². The fourth-order valence-corrected chi connectivity index (χ4v) is 6.85. The number of para-hydroxylation sites is 1. The Kier molecular flexibility index (Phi) is 9.79. The minimum atomic E-state index is -0.613. The molecule has 0 unspecified atom stereocenters. The summed E-state index contributed by atoms with van der Waals surface area (Å²) in [6, 6.07) is 15.4. The Bertz CT molecular complexity index is 1750. The molecule has 4 aromatic rings. The topological polar surface area (TPSA) is 123 Å². The Morgan fingerprint density at radius 1 is 1.04 bits per heavy atom. The number of fused-ring (bicyclic) bond motifs is 3. The molecule has 12 nitrogen and oxygen atoms in total. The highest BCUT2D eigenvalue weighted by molar-refractivity contribution is 6.30. The van der Waals surface area contributed by atoms with Gasteiger partial charge in [0.05, 0.1) is 44.0 Å². The zero-order chi connectivity index (χ0) is 33.1. The summed E-state index contributed by atoms with van der Waals surface area (Å²) in [7, 11) is 4.99. The monoisotopic (exact) mass is 662 g/mol. The molecule has 0 aliphatic carbocycles. The van der Waals surface area contributed by atoms with Gasteiger partial charge in [-0.1, -0.05) is 23.7 Å². The summed E-state index contributed by atoms with van der Waals surface area (Å²) >= 11 is 6.63. The van der Waals surface area contributed by atoms with Gasteiger partial charge in [-0.2, -0.15) is 0 Å². The van der Waals surface area contributed by atoms with Crippen LogP contribution in [-0.4, -0.2) is 75.5 Å². The molecule has 0 bridgehead atoms. The van der Waals surface area contributed by atoms with Crippen molar-refractivity contribution in [2.24, 2.45) is 13.0 Å². The highest BCUT2D eigenvalue weighted by Gasteiger charge is 2.35. The van der Waals surface area contributed by atoms with Crippen LogP contribution in [0, 0.1) is 5.92 Å². The molecule has 2 aliphatic rings. The Morgan fingerprint density at radius 2 is 1.85 bits per heavy atom. The number of esters is 1. The van der Waals surface area contributed by atoms with E-state index in [1.54, 1.807) is 25.9 Å². The molecule has 13 heteroatoms. The maximum atomic E-state index is 13.6. The maximum absolute atomic E-state index is 13.6. The summed E-state index contributed by atoms with van der Waals surface area (Å²) in [5.74, 6) is 1.81. The van der Waals surface area contributed by atoms with Crippen molar-refractivity contribution in [2.75, 3.05) is 33.9 Å². The van der Waals surface area contributed by atoms with Crippen molar-refractivity contribution in [2.45, 2.75) is 51.2 Å². The van der Waals surface area contributed by atoms with E-state index >= 15 is 0 Å². The van der Waals surface area contributed by atoms with Gasteiger partial charge in [0, 0.05) is 49.1 Å². The largest absolute Gasteiger partial charge is 0.493 e. The standard InChI is InChI=1S/C34H39ClN6O6/c1-5-46-31(43)19-21-15-17-40(18-16-21)30(42)14-13-28-26-11-12-27(34-36-37-38-39(34)2)41(26)25-10-9-22(35)20-24(25)32(47-28)23-7-6-8-29(44-3)33(23)45-4/h6-12,20-21,28,32H,5,13-19H2,1-4H3/t28-,32-/m1/s1. The van der Waals surface area contributed by atoms with Crippen LogP contribution >= 0.6 is 11.6 Å². The number of aryl methyl sites for hydroxylation is 1. The lowest BCUT2D eigenvalue weighted by Gasteiger charge is -2.32. The Hall–Kier alpha value is -4.42. The first-order valence-electron chi connectivity index (χ1n) is 15.9. The van der Waals surface area contributed by atoms with Gasteiger partial charge in [0.15, 0.2) is 17.3 Å². The van der Waals surface area contributed by atoms with Crippen LogP contribution in [0.1, 0.15) is 68.1 Å². The number of rotatable bonds is 10. The molecule has 1 saturated heterocycles. The summed E-state index contributed by atoms with van der Waals surface area (Å²) in [5, 5.41) is 12.8. The fourth-order valence-electron chi connectivity index (χ4n) is 6.67. The van der Waals surface area contributed by atoms with Gasteiger partial charge in [0.2, 0.25) is 5.91 Å². The Morgan fingerprint density at radius 3 is 2.55 bits per heavy atom. The zero-order valence-electron chi connectivity index (χ0n) is 27.0. The second-order valence-electron chi connectivity index (χ2n) is 11.8. The number of piperidine rings is 1. The highest BCUT2D eigenvalue weighted by atomic mass is 35.5. The normalized spacial score (nSPS) is 17.9. The number of likely N-dealkylation sites (tertiary alicyclic amines) is 1. The van der Waals surface area contributed by atoms with Crippen molar-refractivity contribution in [3.8, 4) is 28.7 Å². The minimum Gasteiger partial charge on any atom is -0.493 e. The number of halogens is 1. The summed E-state index contributed by atoms with van der Waals surface area (Å²) in [5.41, 5.74) is 4.06. The van der Waals surface area contributed by atoms with Crippen molar-refractivity contribution in [1.82, 2.24) is 29.7 Å². The third-order valence-electron chi connectivity index (χ3n) is 8.97. The second kappa shape index (κ2) is 14.1. The van der Waals surface area contributed by atoms with Gasteiger partial charge in [-0.3, -0.25) is 9.59 Å². The fraction of sp³-hybridized carbons (Fsp3) is 0.441. The molecule has 4 heterocycles. The van der Waals surface area contributed by atoms with Crippen molar-refractivity contribution in [3.63, 3.8) is 0 Å². The molecule has 248 valence electrons. The van der Waals surface area contributed by atoms with Crippen LogP contribution in [0.15, 0.2) is 48.5 Å². The number of ether oxygens (including phenoxy) is 4. The zero-order valence-corrected chi connectivity index (χ0v) is 27.8. The predicted molar refractivity (Wildman–Crippen MR) is 174 cm³/mol. The van der Waals surface area contributed by atoms with Gasteiger partial charge in [-0.15, -0.1) is 5.10 Å². The van der Waals surface area contributed by atoms with E-state index < -0.39 is 12.2 Å². The first-order chi connectivity index (χ1) is 22.8. The lowest BCUT2D eigenvalue weighted by molar-refractivity contribution is -0.144. The van der Waals surface area contributed by atoms with Gasteiger partial charge in [-0.05, 0) is 78.9 Å².